The molecular formula is C18H12N12O2. The zero-order valence-corrected chi connectivity index (χ0v) is 16.3. The molecule has 3 N–H and O–H groups in total. The molecule has 5 rings (SSSR count). The molecule has 0 aliphatic rings. The molecule has 0 amide bonds. The first-order valence-corrected chi connectivity index (χ1v) is 9.12. The highest BCUT2D eigenvalue weighted by Crippen LogP contribution is 2.33. The highest BCUT2D eigenvalue weighted by molar-refractivity contribution is 5.71. The van der Waals surface area contributed by atoms with E-state index in [1.807, 2.05) is 35.3 Å². The summed E-state index contributed by atoms with van der Waals surface area (Å²) in [6, 6.07) is 9.51. The van der Waals surface area contributed by atoms with E-state index in [0.29, 0.717) is 22.9 Å². The molecule has 156 valence electrons. The van der Waals surface area contributed by atoms with Gasteiger partial charge in [0, 0.05) is 5.56 Å². The quantitative estimate of drug-likeness (QED) is 0.291. The minimum Gasteiger partial charge on any atom is -0.293 e. The molecule has 5 aromatic rings. The van der Waals surface area contributed by atoms with Gasteiger partial charge < -0.3 is 0 Å². The summed E-state index contributed by atoms with van der Waals surface area (Å²) < 4.78 is 2.73. The van der Waals surface area contributed by atoms with Crippen molar-refractivity contribution >= 4 is 22.8 Å². The van der Waals surface area contributed by atoms with Crippen LogP contribution in [0.5, 0.6) is 0 Å². The third-order valence-electron chi connectivity index (χ3n) is 4.49. The fourth-order valence-corrected chi connectivity index (χ4v) is 3.07. The van der Waals surface area contributed by atoms with E-state index in [1.54, 1.807) is 11.4 Å². The van der Waals surface area contributed by atoms with Gasteiger partial charge in [0.2, 0.25) is 11.6 Å². The fourth-order valence-electron chi connectivity index (χ4n) is 3.07. The molecule has 0 fully saturated rings. The smallest absolute Gasteiger partial charge is 0.293 e. The van der Waals surface area contributed by atoms with Crippen molar-refractivity contribution in [2.75, 3.05) is 0 Å². The molecule has 0 radical (unpaired) electrons. The highest BCUT2D eigenvalue weighted by Gasteiger charge is 2.18. The van der Waals surface area contributed by atoms with Gasteiger partial charge in [0.05, 0.1) is 18.5 Å². The second-order valence-electron chi connectivity index (χ2n) is 6.53. The van der Waals surface area contributed by atoms with Gasteiger partial charge in [0.25, 0.3) is 5.69 Å². The van der Waals surface area contributed by atoms with E-state index >= 15 is 0 Å². The van der Waals surface area contributed by atoms with E-state index in [4.69, 9.17) is 6.57 Å². The lowest BCUT2D eigenvalue weighted by atomic mass is 10.2. The van der Waals surface area contributed by atoms with Crippen molar-refractivity contribution in [1.82, 2.24) is 44.5 Å². The lowest BCUT2D eigenvalue weighted by Crippen LogP contribution is -2.27. The number of aromatic nitrogens is 9. The van der Waals surface area contributed by atoms with E-state index in [-0.39, 0.29) is 17.5 Å². The predicted molar refractivity (Wildman–Crippen MR) is 111 cm³/mol. The number of hydrogen-bond acceptors (Lipinski definition) is 8. The van der Waals surface area contributed by atoms with Crippen LogP contribution >= 0.6 is 0 Å². The van der Waals surface area contributed by atoms with Gasteiger partial charge in [0.1, 0.15) is 0 Å². The minimum atomic E-state index is -0.869. The molecule has 0 saturated heterocycles. The number of fused-ring (bicyclic) bond motifs is 1. The van der Waals surface area contributed by atoms with E-state index in [2.05, 4.69) is 45.4 Å². The van der Waals surface area contributed by atoms with Crippen LogP contribution in [-0.2, 0) is 0 Å². The molecule has 14 heteroatoms. The van der Waals surface area contributed by atoms with Crippen molar-refractivity contribution in [2.24, 2.45) is 10.2 Å². The summed E-state index contributed by atoms with van der Waals surface area (Å²) in [7, 11) is 0. The average Bonchev–Trinajstić information content (AvgIpc) is 3.45. The predicted octanol–water partition coefficient (Wildman–Crippen LogP) is 1.96. The number of H-pyrrole nitrogens is 3. The average molecular weight is 428 g/mol. The maximum absolute atomic E-state index is 11.6. The second kappa shape index (κ2) is 7.25. The third-order valence-corrected chi connectivity index (χ3v) is 4.49. The summed E-state index contributed by atoms with van der Waals surface area (Å²) in [6.07, 6.45) is 1.23. The molecule has 0 atom stereocenters. The molecular weight excluding hydrogens is 416 g/mol. The SMILES string of the molecule is [C-]#[N+]c1cnn(-c2nc(=O)[nH]c(=O)[nH]2)c1N=Nc1c(C)[nH]n2c(-c3ccccc3)nnc12. The fraction of sp³-hybridized carbons (Fsp3) is 0.0556. The number of azo groups is 1. The second-order valence-corrected chi connectivity index (χ2v) is 6.53. The van der Waals surface area contributed by atoms with Crippen molar-refractivity contribution in [1.29, 1.82) is 0 Å². The maximum atomic E-state index is 11.6. The highest BCUT2D eigenvalue weighted by atomic mass is 16.2. The lowest BCUT2D eigenvalue weighted by Gasteiger charge is -2.01. The van der Waals surface area contributed by atoms with E-state index in [1.165, 1.54) is 6.20 Å². The van der Waals surface area contributed by atoms with Gasteiger partial charge in [-0.25, -0.2) is 18.9 Å². The van der Waals surface area contributed by atoms with Crippen molar-refractivity contribution in [2.45, 2.75) is 6.92 Å². The number of hydrogen-bond donors (Lipinski definition) is 3. The molecule has 0 aliphatic heterocycles. The number of nitrogens with one attached hydrogen (secondary N) is 3. The van der Waals surface area contributed by atoms with Gasteiger partial charge in [-0.1, -0.05) is 30.3 Å². The molecule has 0 bridgehead atoms. The van der Waals surface area contributed by atoms with Gasteiger partial charge >= 0.3 is 11.4 Å². The van der Waals surface area contributed by atoms with Gasteiger partial charge in [-0.3, -0.25) is 15.1 Å². The Morgan fingerprint density at radius 3 is 2.66 bits per heavy atom. The zero-order valence-electron chi connectivity index (χ0n) is 16.3. The number of aromatic amines is 3. The van der Waals surface area contributed by atoms with Crippen LogP contribution in [0.3, 0.4) is 0 Å². The Bertz CT molecular complexity index is 1610. The largest absolute Gasteiger partial charge is 0.352 e. The Balaban J connectivity index is 1.61. The Kier molecular flexibility index (Phi) is 4.26. The molecule has 0 unspecified atom stereocenters. The van der Waals surface area contributed by atoms with E-state index in [0.717, 1.165) is 10.2 Å². The zero-order chi connectivity index (χ0) is 22.2. The number of nitrogens with zero attached hydrogens (tertiary/aromatic N) is 9. The summed E-state index contributed by atoms with van der Waals surface area (Å²) >= 11 is 0. The van der Waals surface area contributed by atoms with Crippen LogP contribution in [0, 0.1) is 13.5 Å². The molecule has 4 heterocycles. The van der Waals surface area contributed by atoms with E-state index < -0.39 is 11.4 Å². The minimum absolute atomic E-state index is 0.0182. The first-order valence-electron chi connectivity index (χ1n) is 9.12. The molecule has 4 aromatic heterocycles. The standard InChI is InChI=1S/C18H12N12O2/c1-9-12(15-27-25-13(29(15)28-9)10-6-4-3-5-7-10)24-26-14-11(19-2)8-20-30(14)16-21-17(31)23-18(32)22-16/h3-8,28H,1H3,(H2,21,22,23,31,32). The lowest BCUT2D eigenvalue weighted by molar-refractivity contribution is 0.766. The van der Waals surface area contributed by atoms with Crippen LogP contribution in [0.4, 0.5) is 17.2 Å². The Hall–Kier alpha value is -5.19. The Morgan fingerprint density at radius 1 is 1.09 bits per heavy atom. The summed E-state index contributed by atoms with van der Waals surface area (Å²) in [6.45, 7) is 9.14. The number of rotatable bonds is 4. The monoisotopic (exact) mass is 428 g/mol. The molecule has 14 nitrogen and oxygen atoms in total. The molecule has 0 saturated carbocycles. The molecule has 0 aliphatic carbocycles. The normalized spacial score (nSPS) is 11.4. The first kappa shape index (κ1) is 18.8. The first-order chi connectivity index (χ1) is 15.5. The van der Waals surface area contributed by atoms with Gasteiger partial charge in [0.15, 0.2) is 17.3 Å². The van der Waals surface area contributed by atoms with Gasteiger partial charge in [-0.05, 0) is 6.92 Å². The van der Waals surface area contributed by atoms with Crippen LogP contribution < -0.4 is 11.4 Å². The van der Waals surface area contributed by atoms with Crippen molar-refractivity contribution in [3.8, 4) is 17.3 Å². The van der Waals surface area contributed by atoms with Crippen molar-refractivity contribution in [3.05, 3.63) is 74.6 Å². The third kappa shape index (κ3) is 3.06. The maximum Gasteiger partial charge on any atom is 0.352 e. The molecule has 32 heavy (non-hydrogen) atoms. The molecule has 0 spiro atoms. The Labute approximate surface area is 177 Å². The van der Waals surface area contributed by atoms with E-state index in [9.17, 15) is 9.59 Å². The van der Waals surface area contributed by atoms with Gasteiger partial charge in [-0.2, -0.15) is 14.8 Å². The topological polar surface area (TPSA) is 171 Å². The van der Waals surface area contributed by atoms with Crippen LogP contribution in [0.1, 0.15) is 5.69 Å². The van der Waals surface area contributed by atoms with Crippen molar-refractivity contribution < 1.29 is 0 Å². The Morgan fingerprint density at radius 2 is 1.91 bits per heavy atom. The summed E-state index contributed by atoms with van der Waals surface area (Å²) in [5.74, 6) is 0.380. The van der Waals surface area contributed by atoms with Crippen LogP contribution in [0.25, 0.3) is 27.8 Å². The summed E-state index contributed by atoms with van der Waals surface area (Å²) in [4.78, 5) is 34.5. The molecule has 1 aromatic carbocycles. The van der Waals surface area contributed by atoms with Crippen LogP contribution in [0.2, 0.25) is 0 Å². The van der Waals surface area contributed by atoms with Crippen LogP contribution in [-0.4, -0.2) is 44.5 Å². The van der Waals surface area contributed by atoms with Crippen molar-refractivity contribution in [3.63, 3.8) is 0 Å². The van der Waals surface area contributed by atoms with Gasteiger partial charge in [-0.15, -0.1) is 20.4 Å². The summed E-state index contributed by atoms with van der Waals surface area (Å²) in [5.41, 5.74) is 0.761. The number of aryl methyl sites for hydroxylation is 1. The summed E-state index contributed by atoms with van der Waals surface area (Å²) in [5, 5.41) is 23.9. The van der Waals surface area contributed by atoms with Crippen LogP contribution in [0.15, 0.2) is 56.3 Å². The number of benzene rings is 1.